The van der Waals surface area contributed by atoms with Crippen molar-refractivity contribution in [2.75, 3.05) is 0 Å². The lowest BCUT2D eigenvalue weighted by molar-refractivity contribution is -0.324. The van der Waals surface area contributed by atoms with Gasteiger partial charge in [0.1, 0.15) is 0 Å². The first-order valence-corrected chi connectivity index (χ1v) is 14.1. The summed E-state index contributed by atoms with van der Waals surface area (Å²) < 4.78 is 0. The summed E-state index contributed by atoms with van der Waals surface area (Å²) in [6.07, 6.45) is 21.3. The molecule has 6 rings (SSSR count). The molecule has 5 fully saturated rings. The summed E-state index contributed by atoms with van der Waals surface area (Å²) in [5.74, 6) is 1.85. The van der Waals surface area contributed by atoms with Gasteiger partial charge in [0.15, 0.2) is 17.3 Å². The first-order valence-electron chi connectivity index (χ1n) is 14.1. The minimum atomic E-state index is 0.0164. The Labute approximate surface area is 208 Å². The van der Waals surface area contributed by atoms with Crippen LogP contribution in [0.25, 0.3) is 0 Å². The van der Waals surface area contributed by atoms with Crippen LogP contribution in [0.5, 0.6) is 0 Å². The second kappa shape index (κ2) is 9.33. The maximum atomic E-state index is 13.2. The van der Waals surface area contributed by atoms with E-state index in [1.807, 2.05) is 0 Å². The fourth-order valence-electron chi connectivity index (χ4n) is 9.06. The Bertz CT molecular complexity index is 1010. The summed E-state index contributed by atoms with van der Waals surface area (Å²) >= 11 is 0. The summed E-state index contributed by atoms with van der Waals surface area (Å²) in [4.78, 5) is 39.6. The van der Waals surface area contributed by atoms with E-state index in [1.165, 1.54) is 25.7 Å². The Morgan fingerprint density at radius 1 is 0.571 bits per heavy atom. The number of hydrogen-bond donors (Lipinski definition) is 0. The molecule has 186 valence electrons. The van der Waals surface area contributed by atoms with Gasteiger partial charge < -0.3 is 5.11 Å². The second-order valence-corrected chi connectivity index (χ2v) is 12.0. The second-order valence-electron chi connectivity index (χ2n) is 12.0. The first kappa shape index (κ1) is 23.2. The number of ketones is 3. The third-order valence-electron chi connectivity index (χ3n) is 10.5. The molecule has 0 saturated heterocycles. The SMILES string of the molecule is O=C1C(=CC=CC=CC2=C([O-])C3CCCC4CCCC(C2=O)C43)C(=O)C2CCCC3CCCC1C32. The van der Waals surface area contributed by atoms with Gasteiger partial charge >= 0.3 is 0 Å². The summed E-state index contributed by atoms with van der Waals surface area (Å²) in [6.45, 7) is 0. The summed E-state index contributed by atoms with van der Waals surface area (Å²) in [5, 5.41) is 13.2. The molecule has 6 atom stereocenters. The van der Waals surface area contributed by atoms with Gasteiger partial charge in [-0.25, -0.2) is 0 Å². The molecule has 0 aliphatic heterocycles. The van der Waals surface area contributed by atoms with Crippen LogP contribution in [0.3, 0.4) is 0 Å². The van der Waals surface area contributed by atoms with Crippen LogP contribution in [0.15, 0.2) is 47.3 Å². The van der Waals surface area contributed by atoms with Crippen LogP contribution in [-0.2, 0) is 14.4 Å². The third kappa shape index (κ3) is 3.83. The highest BCUT2D eigenvalue weighted by Gasteiger charge is 2.51. The van der Waals surface area contributed by atoms with Crippen LogP contribution < -0.4 is 5.11 Å². The van der Waals surface area contributed by atoms with Gasteiger partial charge in [-0.3, -0.25) is 14.4 Å². The van der Waals surface area contributed by atoms with Crippen LogP contribution in [0.2, 0.25) is 0 Å². The van der Waals surface area contributed by atoms with Gasteiger partial charge in [-0.2, -0.15) is 0 Å². The van der Waals surface area contributed by atoms with Gasteiger partial charge in [0.2, 0.25) is 0 Å². The molecule has 0 spiro atoms. The molecule has 0 aromatic heterocycles. The number of carbonyl (C=O) groups is 3. The Balaban J connectivity index is 1.20. The van der Waals surface area contributed by atoms with Crippen LogP contribution in [0.4, 0.5) is 0 Å². The van der Waals surface area contributed by atoms with Gasteiger partial charge in [0.05, 0.1) is 5.57 Å². The number of hydrogen-bond acceptors (Lipinski definition) is 4. The van der Waals surface area contributed by atoms with Crippen molar-refractivity contribution >= 4 is 17.3 Å². The average molecular weight is 474 g/mol. The molecule has 0 radical (unpaired) electrons. The van der Waals surface area contributed by atoms with Crippen molar-refractivity contribution in [2.45, 2.75) is 77.0 Å². The fraction of sp³-hybridized carbons (Fsp3) is 0.645. The van der Waals surface area contributed by atoms with E-state index < -0.39 is 0 Å². The molecule has 0 N–H and O–H groups in total. The zero-order valence-corrected chi connectivity index (χ0v) is 20.6. The maximum absolute atomic E-state index is 13.2. The maximum Gasteiger partial charge on any atom is 0.169 e. The topological polar surface area (TPSA) is 74.3 Å². The third-order valence-corrected chi connectivity index (χ3v) is 10.5. The van der Waals surface area contributed by atoms with E-state index >= 15 is 0 Å². The standard InChI is InChI=1S/C31H38O4/c32-28-20-14-4-8-18-9-5-15-21(26(18)20)29(33)24(28)12-2-1-3-13-25-30(34)22-16-6-10-19-11-7-17-23(27(19)22)31(25)35/h1-3,12-13,18-23,26-27,32H,4-11,14-17H2/p-1. The molecule has 0 aromatic carbocycles. The monoisotopic (exact) mass is 473 g/mol. The van der Waals surface area contributed by atoms with Crippen molar-refractivity contribution in [3.63, 3.8) is 0 Å². The van der Waals surface area contributed by atoms with Gasteiger partial charge in [0.25, 0.3) is 0 Å². The summed E-state index contributed by atoms with van der Waals surface area (Å²) in [7, 11) is 0. The van der Waals surface area contributed by atoms with Crippen LogP contribution in [-0.4, -0.2) is 17.3 Å². The molecule has 4 heteroatoms. The lowest BCUT2D eigenvalue weighted by Gasteiger charge is -2.51. The van der Waals surface area contributed by atoms with Gasteiger partial charge in [-0.15, -0.1) is 5.76 Å². The molecule has 0 heterocycles. The molecule has 6 aliphatic rings. The van der Waals surface area contributed by atoms with E-state index in [0.717, 1.165) is 51.4 Å². The molecular formula is C31H37O4-. The van der Waals surface area contributed by atoms with Crippen molar-refractivity contribution in [3.8, 4) is 0 Å². The summed E-state index contributed by atoms with van der Waals surface area (Å²) in [5.41, 5.74) is 0.721. The zero-order valence-electron chi connectivity index (χ0n) is 20.6. The summed E-state index contributed by atoms with van der Waals surface area (Å²) in [6, 6.07) is 0. The Hall–Kier alpha value is -2.23. The molecule has 6 aliphatic carbocycles. The van der Waals surface area contributed by atoms with E-state index in [9.17, 15) is 19.5 Å². The van der Waals surface area contributed by atoms with E-state index in [-0.39, 0.29) is 58.6 Å². The van der Waals surface area contributed by atoms with Crippen molar-refractivity contribution in [1.82, 2.24) is 0 Å². The Kier molecular flexibility index (Phi) is 6.18. The van der Waals surface area contributed by atoms with Crippen molar-refractivity contribution in [3.05, 3.63) is 47.3 Å². The molecular weight excluding hydrogens is 436 g/mol. The highest BCUT2D eigenvalue weighted by atomic mass is 16.3. The van der Waals surface area contributed by atoms with Gasteiger partial charge in [0, 0.05) is 23.3 Å². The normalized spacial score (nSPS) is 41.4. The molecule has 4 nitrogen and oxygen atoms in total. The smallest absolute Gasteiger partial charge is 0.169 e. The van der Waals surface area contributed by atoms with Crippen LogP contribution in [0.1, 0.15) is 77.0 Å². The lowest BCUT2D eigenvalue weighted by Crippen LogP contribution is -2.49. The quantitative estimate of drug-likeness (QED) is 0.327. The predicted molar refractivity (Wildman–Crippen MR) is 132 cm³/mol. The molecule has 6 unspecified atom stereocenters. The van der Waals surface area contributed by atoms with E-state index in [2.05, 4.69) is 0 Å². The van der Waals surface area contributed by atoms with Crippen LogP contribution >= 0.6 is 0 Å². The Morgan fingerprint density at radius 3 is 1.63 bits per heavy atom. The zero-order chi connectivity index (χ0) is 24.1. The largest absolute Gasteiger partial charge is 0.875 e. The Morgan fingerprint density at radius 2 is 1.06 bits per heavy atom. The predicted octanol–water partition coefficient (Wildman–Crippen LogP) is 5.04. The molecule has 0 bridgehead atoms. The van der Waals surface area contributed by atoms with Crippen LogP contribution in [0, 0.1) is 47.3 Å². The molecule has 5 saturated carbocycles. The van der Waals surface area contributed by atoms with E-state index in [1.54, 1.807) is 30.4 Å². The minimum Gasteiger partial charge on any atom is -0.875 e. The lowest BCUT2D eigenvalue weighted by atomic mass is 9.54. The van der Waals surface area contributed by atoms with E-state index in [4.69, 9.17) is 0 Å². The molecule has 0 amide bonds. The number of allylic oxidation sites excluding steroid dienone is 8. The van der Waals surface area contributed by atoms with Crippen molar-refractivity contribution in [2.24, 2.45) is 47.3 Å². The van der Waals surface area contributed by atoms with Gasteiger partial charge in [-0.1, -0.05) is 75.7 Å². The highest BCUT2D eigenvalue weighted by molar-refractivity contribution is 6.23. The molecule has 0 aromatic rings. The van der Waals surface area contributed by atoms with Gasteiger partial charge in [-0.05, 0) is 61.3 Å². The molecule has 35 heavy (non-hydrogen) atoms. The number of carbonyl (C=O) groups excluding carboxylic acids is 3. The first-order chi connectivity index (χ1) is 17.1. The minimum absolute atomic E-state index is 0.0164. The highest BCUT2D eigenvalue weighted by Crippen LogP contribution is 2.53. The van der Waals surface area contributed by atoms with Crippen molar-refractivity contribution < 1.29 is 19.5 Å². The number of rotatable bonds is 3. The fourth-order valence-corrected chi connectivity index (χ4v) is 9.06. The van der Waals surface area contributed by atoms with E-state index in [0.29, 0.717) is 23.0 Å². The number of Topliss-reactive ketones (excluding diaryl/α,β-unsaturated/α-hetero) is 3. The van der Waals surface area contributed by atoms with Crippen molar-refractivity contribution in [1.29, 1.82) is 0 Å². The average Bonchev–Trinajstić information content (AvgIpc) is 2.88.